The van der Waals surface area contributed by atoms with Gasteiger partial charge >= 0.3 is 6.05 Å². The van der Waals surface area contributed by atoms with E-state index in [1.165, 1.54) is 30.0 Å². The van der Waals surface area contributed by atoms with Gasteiger partial charge in [0.15, 0.2) is 0 Å². The van der Waals surface area contributed by atoms with E-state index in [2.05, 4.69) is 4.99 Å². The zero-order valence-corrected chi connectivity index (χ0v) is 8.15. The van der Waals surface area contributed by atoms with Crippen molar-refractivity contribution in [2.75, 3.05) is 6.26 Å². The lowest BCUT2D eigenvalue weighted by atomic mass is 10.2. The minimum absolute atomic E-state index is 0.298. The molecule has 0 aromatic heterocycles. The summed E-state index contributed by atoms with van der Waals surface area (Å²) >= 11 is 1.34. The number of carbonyl (C=O) groups excluding carboxylic acids is 1. The van der Waals surface area contributed by atoms with Gasteiger partial charge in [-0.05, 0) is 18.4 Å². The van der Waals surface area contributed by atoms with E-state index in [9.17, 15) is 13.6 Å². The molecule has 14 heavy (non-hydrogen) atoms. The Hall–Kier alpha value is -1.19. The van der Waals surface area contributed by atoms with Crippen molar-refractivity contribution in [2.45, 2.75) is 10.9 Å². The van der Waals surface area contributed by atoms with Crippen LogP contribution in [0, 0.1) is 0 Å². The summed E-state index contributed by atoms with van der Waals surface area (Å²) in [6.45, 7) is 0. The van der Waals surface area contributed by atoms with Gasteiger partial charge in [0.05, 0.1) is 0 Å². The second-order valence-electron chi connectivity index (χ2n) is 2.48. The number of thioether (sulfide) groups is 1. The van der Waals surface area contributed by atoms with Crippen LogP contribution >= 0.6 is 11.8 Å². The van der Waals surface area contributed by atoms with Gasteiger partial charge in [0.25, 0.3) is 0 Å². The number of nitrogens with zero attached hydrogens (tertiary/aromatic N) is 1. The van der Waals surface area contributed by atoms with E-state index in [0.717, 1.165) is 6.08 Å². The molecule has 0 fully saturated rings. The van der Waals surface area contributed by atoms with Crippen molar-refractivity contribution in [1.82, 2.24) is 0 Å². The molecular formula is C9H7F2NOS. The third kappa shape index (κ3) is 2.40. The van der Waals surface area contributed by atoms with Crippen molar-refractivity contribution in [2.24, 2.45) is 4.99 Å². The zero-order valence-electron chi connectivity index (χ0n) is 7.33. The number of halogens is 2. The molecule has 0 unspecified atom stereocenters. The quantitative estimate of drug-likeness (QED) is 0.336. The molecule has 2 nitrogen and oxygen atoms in total. The molecule has 1 rings (SSSR count). The maximum absolute atomic E-state index is 13.0. The minimum Gasteiger partial charge on any atom is -0.211 e. The lowest BCUT2D eigenvalue weighted by Gasteiger charge is -2.09. The summed E-state index contributed by atoms with van der Waals surface area (Å²) in [6, 6.07) is 2.24. The number of hydrogen-bond acceptors (Lipinski definition) is 3. The van der Waals surface area contributed by atoms with E-state index in [-0.39, 0.29) is 5.56 Å². The van der Waals surface area contributed by atoms with Gasteiger partial charge in [-0.15, -0.1) is 16.8 Å². The van der Waals surface area contributed by atoms with Crippen LogP contribution in [0.5, 0.6) is 0 Å². The molecule has 0 bridgehead atoms. The van der Waals surface area contributed by atoms with Crippen molar-refractivity contribution < 1.29 is 13.6 Å². The van der Waals surface area contributed by atoms with Crippen molar-refractivity contribution in [1.29, 1.82) is 0 Å². The molecule has 0 saturated carbocycles. The van der Waals surface area contributed by atoms with Crippen LogP contribution in [0.2, 0.25) is 0 Å². The molecule has 74 valence electrons. The summed E-state index contributed by atoms with van der Waals surface area (Å²) in [5.74, 6) is 0. The van der Waals surface area contributed by atoms with Gasteiger partial charge in [-0.25, -0.2) is 4.79 Å². The van der Waals surface area contributed by atoms with Crippen LogP contribution in [0.15, 0.2) is 34.2 Å². The topological polar surface area (TPSA) is 29.4 Å². The molecule has 0 N–H and O–H groups in total. The number of aliphatic imine (C=N–C) groups is 1. The molecule has 0 amide bonds. The fourth-order valence-corrected chi connectivity index (χ4v) is 1.39. The van der Waals surface area contributed by atoms with Crippen LogP contribution in [0.4, 0.5) is 8.78 Å². The average molecular weight is 215 g/mol. The smallest absolute Gasteiger partial charge is 0.211 e. The zero-order chi connectivity index (χ0) is 10.6. The third-order valence-electron chi connectivity index (χ3n) is 1.60. The first-order chi connectivity index (χ1) is 6.60. The summed E-state index contributed by atoms with van der Waals surface area (Å²) in [5.41, 5.74) is -0.298. The monoisotopic (exact) mass is 215 g/mol. The predicted molar refractivity (Wildman–Crippen MR) is 50.2 cm³/mol. The molecule has 5 heteroatoms. The van der Waals surface area contributed by atoms with Crippen molar-refractivity contribution in [3.63, 3.8) is 0 Å². The average Bonchev–Trinajstić information content (AvgIpc) is 2.18. The van der Waals surface area contributed by atoms with Crippen LogP contribution in [0.1, 0.15) is 5.56 Å². The highest BCUT2D eigenvalue weighted by molar-refractivity contribution is 7.98. The predicted octanol–water partition coefficient (Wildman–Crippen LogP) is 2.79. The number of benzene rings is 1. The van der Waals surface area contributed by atoms with Crippen LogP contribution in [-0.2, 0) is 10.8 Å². The molecule has 0 aliphatic heterocycles. The van der Waals surface area contributed by atoms with Crippen molar-refractivity contribution >= 4 is 17.8 Å². The van der Waals surface area contributed by atoms with E-state index in [4.69, 9.17) is 0 Å². The van der Waals surface area contributed by atoms with Gasteiger partial charge in [0.2, 0.25) is 6.08 Å². The summed E-state index contributed by atoms with van der Waals surface area (Å²) < 4.78 is 26.1. The molecule has 1 aromatic rings. The normalized spacial score (nSPS) is 10.8. The number of isocyanates is 1. The lowest BCUT2D eigenvalue weighted by molar-refractivity contribution is 0.00596. The molecule has 0 radical (unpaired) electrons. The Morgan fingerprint density at radius 3 is 2.79 bits per heavy atom. The van der Waals surface area contributed by atoms with Gasteiger partial charge in [-0.3, -0.25) is 0 Å². The Kier molecular flexibility index (Phi) is 3.38. The van der Waals surface area contributed by atoms with Crippen molar-refractivity contribution in [3.8, 4) is 0 Å². The second-order valence-corrected chi connectivity index (χ2v) is 3.36. The standard InChI is InChI=1S/C9H7F2NOS/c1-14-8-4-2-3-7(5-8)9(10,11)12-6-13/h2-5H,1H3. The van der Waals surface area contributed by atoms with E-state index >= 15 is 0 Å². The van der Waals surface area contributed by atoms with Gasteiger partial charge in [0, 0.05) is 10.5 Å². The first-order valence-corrected chi connectivity index (χ1v) is 4.94. The van der Waals surface area contributed by atoms with Gasteiger partial charge < -0.3 is 0 Å². The highest BCUT2D eigenvalue weighted by atomic mass is 32.2. The third-order valence-corrected chi connectivity index (χ3v) is 2.33. The van der Waals surface area contributed by atoms with Crippen molar-refractivity contribution in [3.05, 3.63) is 29.8 Å². The fourth-order valence-electron chi connectivity index (χ4n) is 0.932. The van der Waals surface area contributed by atoms with Gasteiger partial charge in [-0.2, -0.15) is 8.78 Å². The summed E-state index contributed by atoms with van der Waals surface area (Å²) in [5, 5.41) is 0. The Labute approximate surface area is 84.0 Å². The number of hydrogen-bond donors (Lipinski definition) is 0. The molecule has 0 aliphatic carbocycles. The molecule has 0 saturated heterocycles. The first kappa shape index (κ1) is 10.9. The Morgan fingerprint density at radius 1 is 1.50 bits per heavy atom. The molecule has 0 atom stereocenters. The van der Waals surface area contributed by atoms with E-state index < -0.39 is 6.05 Å². The maximum atomic E-state index is 13.0. The summed E-state index contributed by atoms with van der Waals surface area (Å²) in [6.07, 6.45) is 2.64. The molecular weight excluding hydrogens is 208 g/mol. The minimum atomic E-state index is -3.48. The second kappa shape index (κ2) is 4.35. The molecule has 0 heterocycles. The SMILES string of the molecule is CSc1cccc(C(F)(F)N=C=O)c1. The maximum Gasteiger partial charge on any atom is 0.379 e. The highest BCUT2D eigenvalue weighted by Gasteiger charge is 2.30. The Morgan fingerprint density at radius 2 is 2.21 bits per heavy atom. The largest absolute Gasteiger partial charge is 0.379 e. The first-order valence-electron chi connectivity index (χ1n) is 3.71. The van der Waals surface area contributed by atoms with Crippen LogP contribution in [0.3, 0.4) is 0 Å². The fraction of sp³-hybridized carbons (Fsp3) is 0.222. The van der Waals surface area contributed by atoms with Crippen LogP contribution in [-0.4, -0.2) is 12.3 Å². The van der Waals surface area contributed by atoms with Crippen LogP contribution < -0.4 is 0 Å². The van der Waals surface area contributed by atoms with E-state index in [1.54, 1.807) is 12.3 Å². The molecule has 1 aromatic carbocycles. The van der Waals surface area contributed by atoms with Gasteiger partial charge in [0.1, 0.15) is 0 Å². The Balaban J connectivity index is 3.11. The highest BCUT2D eigenvalue weighted by Crippen LogP contribution is 2.30. The summed E-state index contributed by atoms with van der Waals surface area (Å²) in [7, 11) is 0. The Bertz CT molecular complexity index is 375. The lowest BCUT2D eigenvalue weighted by Crippen LogP contribution is -2.09. The van der Waals surface area contributed by atoms with Gasteiger partial charge in [-0.1, -0.05) is 12.1 Å². The molecule has 0 aliphatic rings. The van der Waals surface area contributed by atoms with E-state index in [0.29, 0.717) is 4.90 Å². The molecule has 0 spiro atoms. The van der Waals surface area contributed by atoms with Crippen LogP contribution in [0.25, 0.3) is 0 Å². The van der Waals surface area contributed by atoms with E-state index in [1.807, 2.05) is 0 Å². The number of alkyl halides is 2. The number of rotatable bonds is 3. The summed E-state index contributed by atoms with van der Waals surface area (Å²) in [4.78, 5) is 12.9.